The third kappa shape index (κ3) is 2.68. The van der Waals surface area contributed by atoms with E-state index in [2.05, 4.69) is 40.4 Å². The van der Waals surface area contributed by atoms with Gasteiger partial charge in [0.25, 0.3) is 0 Å². The van der Waals surface area contributed by atoms with Gasteiger partial charge in [-0.15, -0.1) is 6.58 Å². The molecule has 1 nitrogen and oxygen atoms in total. The fraction of sp³-hybridized carbons (Fsp3) is 0.818. The van der Waals surface area contributed by atoms with Gasteiger partial charge in [-0.3, -0.25) is 0 Å². The SMILES string of the molecule is C=C[C@H]([C@H](C)O)[Si](C)(C)C(C)(C)C. The van der Waals surface area contributed by atoms with E-state index in [1.54, 1.807) is 0 Å². The molecule has 0 aromatic carbocycles. The van der Waals surface area contributed by atoms with Crippen LogP contribution in [0.1, 0.15) is 27.7 Å². The second-order valence-corrected chi connectivity index (χ2v) is 11.1. The number of hydrogen-bond acceptors (Lipinski definition) is 1. The molecule has 0 unspecified atom stereocenters. The van der Waals surface area contributed by atoms with Crippen LogP contribution in [-0.2, 0) is 0 Å². The Hall–Kier alpha value is -0.0831. The first-order valence-electron chi connectivity index (χ1n) is 4.95. The largest absolute Gasteiger partial charge is 0.393 e. The van der Waals surface area contributed by atoms with Crippen molar-refractivity contribution in [1.29, 1.82) is 0 Å². The summed E-state index contributed by atoms with van der Waals surface area (Å²) >= 11 is 0. The van der Waals surface area contributed by atoms with Gasteiger partial charge in [-0.25, -0.2) is 0 Å². The van der Waals surface area contributed by atoms with Crippen molar-refractivity contribution >= 4 is 8.07 Å². The first-order valence-corrected chi connectivity index (χ1v) is 8.03. The van der Waals surface area contributed by atoms with Gasteiger partial charge in [-0.1, -0.05) is 39.9 Å². The molecule has 0 bridgehead atoms. The topological polar surface area (TPSA) is 20.2 Å². The minimum atomic E-state index is -1.47. The fourth-order valence-corrected chi connectivity index (χ4v) is 4.39. The van der Waals surface area contributed by atoms with Crippen LogP contribution in [0.25, 0.3) is 0 Å². The number of aliphatic hydroxyl groups excluding tert-OH is 1. The summed E-state index contributed by atoms with van der Waals surface area (Å²) in [6, 6.07) is 0. The molecule has 0 radical (unpaired) electrons. The van der Waals surface area contributed by atoms with E-state index in [1.807, 2.05) is 13.0 Å². The van der Waals surface area contributed by atoms with Gasteiger partial charge in [0.15, 0.2) is 0 Å². The summed E-state index contributed by atoms with van der Waals surface area (Å²) in [4.78, 5) is 0. The summed E-state index contributed by atoms with van der Waals surface area (Å²) in [7, 11) is -1.47. The van der Waals surface area contributed by atoms with Crippen LogP contribution in [0.2, 0.25) is 23.7 Å². The van der Waals surface area contributed by atoms with Gasteiger partial charge in [-0.2, -0.15) is 0 Å². The number of aliphatic hydroxyl groups is 1. The molecule has 2 heteroatoms. The van der Waals surface area contributed by atoms with E-state index in [9.17, 15) is 5.11 Å². The summed E-state index contributed by atoms with van der Waals surface area (Å²) in [5.74, 6) is 0. The van der Waals surface area contributed by atoms with E-state index in [4.69, 9.17) is 0 Å². The van der Waals surface area contributed by atoms with Gasteiger partial charge in [0.1, 0.15) is 0 Å². The lowest BCUT2D eigenvalue weighted by Crippen LogP contribution is -2.45. The smallest absolute Gasteiger partial charge is 0.0629 e. The maximum Gasteiger partial charge on any atom is 0.0629 e. The van der Waals surface area contributed by atoms with Crippen molar-refractivity contribution in [3.63, 3.8) is 0 Å². The highest BCUT2D eigenvalue weighted by molar-refractivity contribution is 6.82. The second kappa shape index (κ2) is 3.97. The van der Waals surface area contributed by atoms with Gasteiger partial charge < -0.3 is 5.11 Å². The lowest BCUT2D eigenvalue weighted by molar-refractivity contribution is 0.194. The molecular formula is C11H24OSi. The lowest BCUT2D eigenvalue weighted by Gasteiger charge is -2.43. The van der Waals surface area contributed by atoms with Gasteiger partial charge in [0.05, 0.1) is 14.2 Å². The van der Waals surface area contributed by atoms with Crippen molar-refractivity contribution < 1.29 is 5.11 Å². The molecule has 13 heavy (non-hydrogen) atoms. The summed E-state index contributed by atoms with van der Waals surface area (Å²) < 4.78 is 0. The van der Waals surface area contributed by atoms with Crippen LogP contribution in [0.4, 0.5) is 0 Å². The van der Waals surface area contributed by atoms with Crippen LogP contribution < -0.4 is 0 Å². The van der Waals surface area contributed by atoms with Crippen LogP contribution in [0.3, 0.4) is 0 Å². The fourth-order valence-electron chi connectivity index (χ4n) is 1.59. The van der Waals surface area contributed by atoms with E-state index < -0.39 is 8.07 Å². The molecule has 0 aliphatic rings. The average molecular weight is 200 g/mol. The van der Waals surface area contributed by atoms with E-state index in [-0.39, 0.29) is 11.6 Å². The standard InChI is InChI=1S/C11H24OSi/c1-8-10(9(2)12)13(6,7)11(3,4)5/h8-10,12H,1H2,2-7H3/t9-,10+/m0/s1. The maximum atomic E-state index is 9.67. The molecule has 0 amide bonds. The Bertz CT molecular complexity index is 177. The van der Waals surface area contributed by atoms with Crippen molar-refractivity contribution in [2.45, 2.75) is 57.5 Å². The van der Waals surface area contributed by atoms with E-state index >= 15 is 0 Å². The monoisotopic (exact) mass is 200 g/mol. The molecular weight excluding hydrogens is 176 g/mol. The Kier molecular flexibility index (Phi) is 3.94. The predicted molar refractivity (Wildman–Crippen MR) is 62.8 cm³/mol. The molecule has 0 aromatic heterocycles. The predicted octanol–water partition coefficient (Wildman–Crippen LogP) is 3.43. The molecule has 0 aliphatic heterocycles. The highest BCUT2D eigenvalue weighted by atomic mass is 28.3. The number of rotatable bonds is 3. The third-order valence-electron chi connectivity index (χ3n) is 3.54. The van der Waals surface area contributed by atoms with Gasteiger partial charge in [-0.05, 0) is 17.5 Å². The molecule has 0 saturated heterocycles. The molecule has 0 fully saturated rings. The Morgan fingerprint density at radius 1 is 1.31 bits per heavy atom. The first-order chi connectivity index (χ1) is 5.64. The second-order valence-electron chi connectivity index (χ2n) is 5.47. The minimum Gasteiger partial charge on any atom is -0.393 e. The molecule has 0 aliphatic carbocycles. The summed E-state index contributed by atoms with van der Waals surface area (Å²) in [5.41, 5.74) is 0.285. The third-order valence-corrected chi connectivity index (χ3v) is 9.79. The van der Waals surface area contributed by atoms with Crippen molar-refractivity contribution in [1.82, 2.24) is 0 Å². The highest BCUT2D eigenvalue weighted by Gasteiger charge is 2.42. The van der Waals surface area contributed by atoms with E-state index in [0.29, 0.717) is 5.04 Å². The van der Waals surface area contributed by atoms with Crippen molar-refractivity contribution in [3.8, 4) is 0 Å². The van der Waals surface area contributed by atoms with Crippen LogP contribution in [-0.4, -0.2) is 19.3 Å². The van der Waals surface area contributed by atoms with Gasteiger partial charge in [0, 0.05) is 0 Å². The van der Waals surface area contributed by atoms with Crippen LogP contribution in [0.5, 0.6) is 0 Å². The Balaban J connectivity index is 4.88. The number of hydrogen-bond donors (Lipinski definition) is 1. The Labute approximate surface area is 83.9 Å². The molecule has 0 rings (SSSR count). The van der Waals surface area contributed by atoms with Gasteiger partial charge in [0.2, 0.25) is 0 Å². The maximum absolute atomic E-state index is 9.67. The quantitative estimate of drug-likeness (QED) is 0.546. The van der Waals surface area contributed by atoms with Crippen molar-refractivity contribution in [2.24, 2.45) is 0 Å². The van der Waals surface area contributed by atoms with Crippen LogP contribution in [0.15, 0.2) is 12.7 Å². The zero-order chi connectivity index (χ0) is 10.9. The zero-order valence-corrected chi connectivity index (χ0v) is 10.9. The molecule has 1 N–H and O–H groups in total. The molecule has 0 aromatic rings. The Morgan fingerprint density at radius 3 is 1.77 bits per heavy atom. The summed E-state index contributed by atoms with van der Waals surface area (Å²) in [6.45, 7) is 17.1. The van der Waals surface area contributed by atoms with Crippen LogP contribution in [0, 0.1) is 0 Å². The molecule has 78 valence electrons. The average Bonchev–Trinajstić information content (AvgIpc) is 1.83. The van der Waals surface area contributed by atoms with Crippen molar-refractivity contribution in [2.75, 3.05) is 0 Å². The normalized spacial score (nSPS) is 18.1. The molecule has 0 saturated carbocycles. The zero-order valence-electron chi connectivity index (χ0n) is 9.89. The first kappa shape index (κ1) is 12.9. The highest BCUT2D eigenvalue weighted by Crippen LogP contribution is 2.45. The summed E-state index contributed by atoms with van der Waals surface area (Å²) in [5, 5.41) is 9.98. The Morgan fingerprint density at radius 2 is 1.69 bits per heavy atom. The van der Waals surface area contributed by atoms with E-state index in [0.717, 1.165) is 0 Å². The molecule has 0 spiro atoms. The molecule has 2 atom stereocenters. The van der Waals surface area contributed by atoms with Gasteiger partial charge >= 0.3 is 0 Å². The van der Waals surface area contributed by atoms with Crippen LogP contribution >= 0.6 is 0 Å². The van der Waals surface area contributed by atoms with Crippen molar-refractivity contribution in [3.05, 3.63) is 12.7 Å². The summed E-state index contributed by atoms with van der Waals surface area (Å²) in [6.07, 6.45) is 1.67. The molecule has 0 heterocycles. The minimum absolute atomic E-state index is 0.265. The van der Waals surface area contributed by atoms with E-state index in [1.165, 1.54) is 0 Å². The lowest BCUT2D eigenvalue weighted by atomic mass is 10.2.